The van der Waals surface area contributed by atoms with E-state index >= 15 is 0 Å². The van der Waals surface area contributed by atoms with Crippen LogP contribution in [0.5, 0.6) is 0 Å². The van der Waals surface area contributed by atoms with Gasteiger partial charge in [-0.15, -0.1) is 24.0 Å². The van der Waals surface area contributed by atoms with E-state index in [0.717, 1.165) is 64.2 Å². The SMILES string of the molecule is CCNC(=NCc1ccc(COC2CCOCC2)cc1)N(C)CCC1CCOCC1.I. The fourth-order valence-corrected chi connectivity index (χ4v) is 3.95. The molecule has 2 heterocycles. The van der Waals surface area contributed by atoms with E-state index in [1.165, 1.54) is 30.4 Å². The monoisotopic (exact) mass is 545 g/mol. The molecular weight excluding hydrogens is 505 g/mol. The number of rotatable bonds is 9. The first-order chi connectivity index (χ1) is 14.7. The van der Waals surface area contributed by atoms with Crippen LogP contribution >= 0.6 is 24.0 Å². The van der Waals surface area contributed by atoms with Gasteiger partial charge in [-0.1, -0.05) is 24.3 Å². The molecule has 2 saturated heterocycles. The Hall–Kier alpha value is -0.900. The van der Waals surface area contributed by atoms with Crippen molar-refractivity contribution in [3.05, 3.63) is 35.4 Å². The number of hydrogen-bond donors (Lipinski definition) is 1. The van der Waals surface area contributed by atoms with Gasteiger partial charge in [-0.3, -0.25) is 0 Å². The average molecular weight is 546 g/mol. The molecule has 7 heteroatoms. The van der Waals surface area contributed by atoms with Crippen molar-refractivity contribution in [2.45, 2.75) is 58.3 Å². The highest BCUT2D eigenvalue weighted by Crippen LogP contribution is 2.18. The van der Waals surface area contributed by atoms with Gasteiger partial charge in [0, 0.05) is 46.6 Å². The van der Waals surface area contributed by atoms with Crippen LogP contribution in [0.25, 0.3) is 0 Å². The molecule has 2 aliphatic heterocycles. The molecule has 176 valence electrons. The second-order valence-corrected chi connectivity index (χ2v) is 8.38. The van der Waals surface area contributed by atoms with Gasteiger partial charge in [-0.05, 0) is 56.1 Å². The number of ether oxygens (including phenoxy) is 3. The van der Waals surface area contributed by atoms with Crippen LogP contribution in [0.1, 0.15) is 50.2 Å². The van der Waals surface area contributed by atoms with Crippen LogP contribution in [0.15, 0.2) is 29.3 Å². The lowest BCUT2D eigenvalue weighted by molar-refractivity contribution is -0.0390. The lowest BCUT2D eigenvalue weighted by atomic mass is 9.96. The maximum absolute atomic E-state index is 6.02. The van der Waals surface area contributed by atoms with Gasteiger partial charge in [0.15, 0.2) is 5.96 Å². The number of nitrogens with zero attached hydrogens (tertiary/aromatic N) is 2. The third-order valence-electron chi connectivity index (χ3n) is 6.00. The second-order valence-electron chi connectivity index (χ2n) is 8.38. The van der Waals surface area contributed by atoms with Crippen LogP contribution < -0.4 is 5.32 Å². The van der Waals surface area contributed by atoms with Gasteiger partial charge in [0.1, 0.15) is 0 Å². The molecule has 0 saturated carbocycles. The molecule has 6 nitrogen and oxygen atoms in total. The van der Waals surface area contributed by atoms with Crippen LogP contribution in [0, 0.1) is 5.92 Å². The summed E-state index contributed by atoms with van der Waals surface area (Å²) in [7, 11) is 2.14. The van der Waals surface area contributed by atoms with Crippen molar-refractivity contribution in [1.82, 2.24) is 10.2 Å². The Balaban J connectivity index is 0.00000341. The number of benzene rings is 1. The molecule has 0 atom stereocenters. The minimum absolute atomic E-state index is 0. The van der Waals surface area contributed by atoms with Crippen molar-refractivity contribution in [2.75, 3.05) is 46.6 Å². The smallest absolute Gasteiger partial charge is 0.193 e. The predicted molar refractivity (Wildman–Crippen MR) is 136 cm³/mol. The number of aliphatic imine (C=N–C) groups is 1. The normalized spacial score (nSPS) is 18.5. The Bertz CT molecular complexity index is 629. The molecule has 0 aliphatic carbocycles. The van der Waals surface area contributed by atoms with Crippen molar-refractivity contribution >= 4 is 29.9 Å². The molecule has 1 N–H and O–H groups in total. The Morgan fingerprint density at radius 2 is 1.65 bits per heavy atom. The Morgan fingerprint density at radius 1 is 1.03 bits per heavy atom. The summed E-state index contributed by atoms with van der Waals surface area (Å²) in [6, 6.07) is 8.65. The van der Waals surface area contributed by atoms with E-state index in [0.29, 0.717) is 19.3 Å². The number of nitrogens with one attached hydrogen (secondary N) is 1. The summed E-state index contributed by atoms with van der Waals surface area (Å²) in [5.74, 6) is 1.76. The van der Waals surface area contributed by atoms with Crippen LogP contribution in [0.4, 0.5) is 0 Å². The zero-order valence-electron chi connectivity index (χ0n) is 19.2. The third-order valence-corrected chi connectivity index (χ3v) is 6.00. The largest absolute Gasteiger partial charge is 0.381 e. The highest BCUT2D eigenvalue weighted by Gasteiger charge is 2.16. The quantitative estimate of drug-likeness (QED) is 0.286. The lowest BCUT2D eigenvalue weighted by Gasteiger charge is -2.26. The molecule has 0 bridgehead atoms. The minimum Gasteiger partial charge on any atom is -0.381 e. The standard InChI is InChI=1S/C24H39N3O3.HI/c1-3-25-24(27(2)13-8-20-9-14-28-15-10-20)26-18-21-4-6-22(7-5-21)19-30-23-11-16-29-17-12-23;/h4-7,20,23H,3,8-19H2,1-2H3,(H,25,26);1H. The van der Waals surface area contributed by atoms with Crippen molar-refractivity contribution in [3.63, 3.8) is 0 Å². The van der Waals surface area contributed by atoms with Crippen molar-refractivity contribution in [3.8, 4) is 0 Å². The molecule has 1 aromatic carbocycles. The Morgan fingerprint density at radius 3 is 2.29 bits per heavy atom. The van der Waals surface area contributed by atoms with E-state index in [1.54, 1.807) is 0 Å². The maximum Gasteiger partial charge on any atom is 0.193 e. The van der Waals surface area contributed by atoms with E-state index < -0.39 is 0 Å². The summed E-state index contributed by atoms with van der Waals surface area (Å²) in [5.41, 5.74) is 2.44. The summed E-state index contributed by atoms with van der Waals surface area (Å²) in [4.78, 5) is 7.12. The molecule has 0 spiro atoms. The van der Waals surface area contributed by atoms with Gasteiger partial charge in [-0.25, -0.2) is 4.99 Å². The predicted octanol–water partition coefficient (Wildman–Crippen LogP) is 4.21. The van der Waals surface area contributed by atoms with Gasteiger partial charge in [0.2, 0.25) is 0 Å². The topological polar surface area (TPSA) is 55.3 Å². The van der Waals surface area contributed by atoms with Gasteiger partial charge >= 0.3 is 0 Å². The first-order valence-corrected chi connectivity index (χ1v) is 11.6. The molecule has 1 aromatic rings. The average Bonchev–Trinajstić information content (AvgIpc) is 2.81. The van der Waals surface area contributed by atoms with Crippen LogP contribution in [0.3, 0.4) is 0 Å². The third kappa shape index (κ3) is 9.63. The molecular formula is C24H40IN3O3. The number of halogens is 1. The maximum atomic E-state index is 6.02. The van der Waals surface area contributed by atoms with Gasteiger partial charge in [0.05, 0.1) is 19.3 Å². The fraction of sp³-hybridized carbons (Fsp3) is 0.708. The fourth-order valence-electron chi connectivity index (χ4n) is 3.95. The van der Waals surface area contributed by atoms with Crippen molar-refractivity contribution in [2.24, 2.45) is 10.9 Å². The minimum atomic E-state index is 0. The molecule has 2 fully saturated rings. The van der Waals surface area contributed by atoms with Gasteiger partial charge < -0.3 is 24.4 Å². The summed E-state index contributed by atoms with van der Waals surface area (Å²) >= 11 is 0. The Labute approximate surface area is 205 Å². The summed E-state index contributed by atoms with van der Waals surface area (Å²) in [6.45, 7) is 8.85. The molecule has 0 amide bonds. The van der Waals surface area contributed by atoms with Crippen molar-refractivity contribution in [1.29, 1.82) is 0 Å². The van der Waals surface area contributed by atoms with Crippen LogP contribution in [-0.2, 0) is 27.4 Å². The molecule has 2 aliphatic rings. The zero-order valence-corrected chi connectivity index (χ0v) is 21.5. The summed E-state index contributed by atoms with van der Waals surface area (Å²) in [5, 5.41) is 3.43. The van der Waals surface area contributed by atoms with E-state index in [4.69, 9.17) is 19.2 Å². The van der Waals surface area contributed by atoms with Gasteiger partial charge in [0.25, 0.3) is 0 Å². The van der Waals surface area contributed by atoms with E-state index in [-0.39, 0.29) is 24.0 Å². The number of guanidine groups is 1. The van der Waals surface area contributed by atoms with Crippen LogP contribution in [-0.4, -0.2) is 63.5 Å². The van der Waals surface area contributed by atoms with Crippen LogP contribution in [0.2, 0.25) is 0 Å². The van der Waals surface area contributed by atoms with E-state index in [9.17, 15) is 0 Å². The second kappa shape index (κ2) is 15.0. The summed E-state index contributed by atoms with van der Waals surface area (Å²) < 4.78 is 16.9. The van der Waals surface area contributed by atoms with E-state index in [2.05, 4.69) is 48.5 Å². The zero-order chi connectivity index (χ0) is 21.0. The number of hydrogen-bond acceptors (Lipinski definition) is 4. The first kappa shape index (κ1) is 26.4. The molecule has 3 rings (SSSR count). The highest BCUT2D eigenvalue weighted by atomic mass is 127. The molecule has 0 radical (unpaired) electrons. The first-order valence-electron chi connectivity index (χ1n) is 11.6. The molecule has 0 unspecified atom stereocenters. The van der Waals surface area contributed by atoms with Gasteiger partial charge in [-0.2, -0.15) is 0 Å². The lowest BCUT2D eigenvalue weighted by Crippen LogP contribution is -2.40. The molecule has 31 heavy (non-hydrogen) atoms. The highest BCUT2D eigenvalue weighted by molar-refractivity contribution is 14.0. The summed E-state index contributed by atoms with van der Waals surface area (Å²) in [6.07, 6.45) is 5.91. The Kier molecular flexibility index (Phi) is 12.8. The van der Waals surface area contributed by atoms with E-state index in [1.807, 2.05) is 0 Å². The van der Waals surface area contributed by atoms with Crippen molar-refractivity contribution < 1.29 is 14.2 Å². The molecule has 0 aromatic heterocycles.